The van der Waals surface area contributed by atoms with E-state index in [9.17, 15) is 0 Å². The molecule has 0 unspecified atom stereocenters. The van der Waals surface area contributed by atoms with Crippen LogP contribution >= 0.6 is 0 Å². The van der Waals surface area contributed by atoms with Crippen LogP contribution in [0.15, 0.2) is 42.5 Å². The normalized spacial score (nSPS) is 11.1. The van der Waals surface area contributed by atoms with E-state index in [4.69, 9.17) is 10.00 Å². The van der Waals surface area contributed by atoms with Gasteiger partial charge in [-0.15, -0.1) is 0 Å². The Morgan fingerprint density at radius 1 is 1.12 bits per heavy atom. The molecule has 0 heterocycles. The predicted molar refractivity (Wildman–Crippen MR) is 68.9 cm³/mol. The number of benzene rings is 2. The van der Waals surface area contributed by atoms with Crippen LogP contribution in [0.2, 0.25) is 0 Å². The van der Waals surface area contributed by atoms with Crippen LogP contribution in [0.4, 0.5) is 0 Å². The predicted octanol–water partition coefficient (Wildman–Crippen LogP) is 3.91. The molecule has 0 saturated carbocycles. The lowest BCUT2D eigenvalue weighted by Crippen LogP contribution is -2.27. The fraction of sp³-hybridized carbons (Fsp3) is 0.267. The molecule has 0 bridgehead atoms. The summed E-state index contributed by atoms with van der Waals surface area (Å²) in [7, 11) is 0. The minimum absolute atomic E-state index is 0.371. The zero-order valence-corrected chi connectivity index (χ0v) is 10.1. The fourth-order valence-corrected chi connectivity index (χ4v) is 1.81. The topological polar surface area (TPSA) is 33.0 Å². The SMILES string of the molecule is CC(C)(CC#N)Oc1cccc2ccccc12. The summed E-state index contributed by atoms with van der Waals surface area (Å²) in [4.78, 5) is 0. The monoisotopic (exact) mass is 225 g/mol. The van der Waals surface area contributed by atoms with Crippen molar-refractivity contribution in [1.29, 1.82) is 5.26 Å². The maximum absolute atomic E-state index is 8.76. The quantitative estimate of drug-likeness (QED) is 0.793. The van der Waals surface area contributed by atoms with Gasteiger partial charge in [-0.05, 0) is 25.3 Å². The van der Waals surface area contributed by atoms with Gasteiger partial charge in [-0.2, -0.15) is 5.26 Å². The summed E-state index contributed by atoms with van der Waals surface area (Å²) in [6.45, 7) is 3.86. The fourth-order valence-electron chi connectivity index (χ4n) is 1.81. The zero-order chi connectivity index (χ0) is 12.3. The molecule has 0 aromatic heterocycles. The van der Waals surface area contributed by atoms with Crippen molar-refractivity contribution in [2.75, 3.05) is 0 Å². The molecule has 2 heteroatoms. The molecular weight excluding hydrogens is 210 g/mol. The molecule has 2 nitrogen and oxygen atoms in total. The number of ether oxygens (including phenoxy) is 1. The van der Waals surface area contributed by atoms with Crippen molar-refractivity contribution in [3.05, 3.63) is 42.5 Å². The Kier molecular flexibility index (Phi) is 3.01. The van der Waals surface area contributed by atoms with Crippen LogP contribution in [-0.2, 0) is 0 Å². The Morgan fingerprint density at radius 2 is 1.82 bits per heavy atom. The van der Waals surface area contributed by atoms with Gasteiger partial charge in [0, 0.05) is 5.39 Å². The third-order valence-corrected chi connectivity index (χ3v) is 2.64. The Bertz CT molecular complexity index is 561. The summed E-state index contributed by atoms with van der Waals surface area (Å²) in [5, 5.41) is 11.0. The zero-order valence-electron chi connectivity index (χ0n) is 10.1. The standard InChI is InChI=1S/C15H15NO/c1-15(2,10-11-16)17-14-9-5-7-12-6-3-4-8-13(12)14/h3-9H,10H2,1-2H3. The van der Waals surface area contributed by atoms with E-state index < -0.39 is 5.60 Å². The molecule has 0 saturated heterocycles. The van der Waals surface area contributed by atoms with Crippen molar-refractivity contribution >= 4 is 10.8 Å². The minimum atomic E-state index is -0.459. The van der Waals surface area contributed by atoms with Gasteiger partial charge in [-0.1, -0.05) is 36.4 Å². The highest BCUT2D eigenvalue weighted by molar-refractivity contribution is 5.88. The number of fused-ring (bicyclic) bond motifs is 1. The van der Waals surface area contributed by atoms with Gasteiger partial charge in [0.05, 0.1) is 12.5 Å². The third kappa shape index (κ3) is 2.57. The van der Waals surface area contributed by atoms with E-state index in [1.165, 1.54) is 0 Å². The summed E-state index contributed by atoms with van der Waals surface area (Å²) in [6.07, 6.45) is 0.371. The first-order valence-corrected chi connectivity index (χ1v) is 5.66. The molecule has 17 heavy (non-hydrogen) atoms. The molecule has 0 radical (unpaired) electrons. The van der Waals surface area contributed by atoms with E-state index in [1.54, 1.807) is 0 Å². The van der Waals surface area contributed by atoms with Gasteiger partial charge in [-0.3, -0.25) is 0 Å². The molecule has 0 N–H and O–H groups in total. The number of rotatable bonds is 3. The second-order valence-corrected chi connectivity index (χ2v) is 4.67. The summed E-state index contributed by atoms with van der Waals surface area (Å²) in [5.41, 5.74) is -0.459. The van der Waals surface area contributed by atoms with E-state index in [0.29, 0.717) is 6.42 Å². The number of nitriles is 1. The van der Waals surface area contributed by atoms with Crippen LogP contribution in [0.5, 0.6) is 5.75 Å². The average Bonchev–Trinajstić information content (AvgIpc) is 2.29. The lowest BCUT2D eigenvalue weighted by Gasteiger charge is -2.24. The molecule has 0 aliphatic heterocycles. The van der Waals surface area contributed by atoms with E-state index in [0.717, 1.165) is 16.5 Å². The molecule has 0 aliphatic rings. The molecule has 2 rings (SSSR count). The van der Waals surface area contributed by atoms with Gasteiger partial charge in [0.2, 0.25) is 0 Å². The van der Waals surface area contributed by atoms with Gasteiger partial charge in [0.1, 0.15) is 11.4 Å². The molecule has 2 aromatic rings. The number of hydrogen-bond donors (Lipinski definition) is 0. The van der Waals surface area contributed by atoms with Gasteiger partial charge in [0.15, 0.2) is 0 Å². The van der Waals surface area contributed by atoms with Crippen molar-refractivity contribution in [2.45, 2.75) is 25.9 Å². The number of nitrogens with zero attached hydrogens (tertiary/aromatic N) is 1. The highest BCUT2D eigenvalue weighted by Crippen LogP contribution is 2.29. The second-order valence-electron chi connectivity index (χ2n) is 4.67. The molecule has 0 aliphatic carbocycles. The number of hydrogen-bond acceptors (Lipinski definition) is 2. The maximum atomic E-state index is 8.76. The Hall–Kier alpha value is -2.01. The van der Waals surface area contributed by atoms with Crippen molar-refractivity contribution < 1.29 is 4.74 Å². The summed E-state index contributed by atoms with van der Waals surface area (Å²) >= 11 is 0. The van der Waals surface area contributed by atoms with Crippen LogP contribution in [-0.4, -0.2) is 5.60 Å². The lowest BCUT2D eigenvalue weighted by molar-refractivity contribution is 0.117. The van der Waals surface area contributed by atoms with Crippen LogP contribution in [0.25, 0.3) is 10.8 Å². The minimum Gasteiger partial charge on any atom is -0.486 e. The molecule has 86 valence electrons. The molecule has 0 fully saturated rings. The molecule has 0 amide bonds. The summed E-state index contributed by atoms with van der Waals surface area (Å²) in [6, 6.07) is 16.2. The van der Waals surface area contributed by atoms with E-state index >= 15 is 0 Å². The Balaban J connectivity index is 2.40. The molecule has 0 spiro atoms. The van der Waals surface area contributed by atoms with Crippen molar-refractivity contribution in [3.8, 4) is 11.8 Å². The smallest absolute Gasteiger partial charge is 0.127 e. The van der Waals surface area contributed by atoms with Crippen molar-refractivity contribution in [3.63, 3.8) is 0 Å². The van der Waals surface area contributed by atoms with Crippen LogP contribution < -0.4 is 4.74 Å². The van der Waals surface area contributed by atoms with Crippen LogP contribution in [0, 0.1) is 11.3 Å². The second kappa shape index (κ2) is 4.47. The van der Waals surface area contributed by atoms with Gasteiger partial charge >= 0.3 is 0 Å². The van der Waals surface area contributed by atoms with Crippen LogP contribution in [0.1, 0.15) is 20.3 Å². The Morgan fingerprint density at radius 3 is 2.59 bits per heavy atom. The van der Waals surface area contributed by atoms with E-state index in [1.807, 2.05) is 44.2 Å². The van der Waals surface area contributed by atoms with Gasteiger partial charge in [0.25, 0.3) is 0 Å². The first kappa shape index (κ1) is 11.5. The third-order valence-electron chi connectivity index (χ3n) is 2.64. The van der Waals surface area contributed by atoms with E-state index in [-0.39, 0.29) is 0 Å². The highest BCUT2D eigenvalue weighted by Gasteiger charge is 2.20. The first-order chi connectivity index (χ1) is 8.12. The lowest BCUT2D eigenvalue weighted by atomic mass is 10.1. The van der Waals surface area contributed by atoms with Gasteiger partial charge < -0.3 is 4.74 Å². The summed E-state index contributed by atoms with van der Waals surface area (Å²) in [5.74, 6) is 0.836. The Labute approximate surface area is 101 Å². The average molecular weight is 225 g/mol. The van der Waals surface area contributed by atoms with Gasteiger partial charge in [-0.25, -0.2) is 0 Å². The van der Waals surface area contributed by atoms with E-state index in [2.05, 4.69) is 18.2 Å². The molecule has 2 aromatic carbocycles. The molecular formula is C15H15NO. The first-order valence-electron chi connectivity index (χ1n) is 5.66. The van der Waals surface area contributed by atoms with Crippen LogP contribution in [0.3, 0.4) is 0 Å². The highest BCUT2D eigenvalue weighted by atomic mass is 16.5. The van der Waals surface area contributed by atoms with Crippen molar-refractivity contribution in [2.24, 2.45) is 0 Å². The molecule has 0 atom stereocenters. The largest absolute Gasteiger partial charge is 0.486 e. The van der Waals surface area contributed by atoms with Crippen molar-refractivity contribution in [1.82, 2.24) is 0 Å². The summed E-state index contributed by atoms with van der Waals surface area (Å²) < 4.78 is 5.93. The maximum Gasteiger partial charge on any atom is 0.127 e.